The van der Waals surface area contributed by atoms with Crippen LogP contribution in [0.3, 0.4) is 0 Å². The summed E-state index contributed by atoms with van der Waals surface area (Å²) < 4.78 is 9.43. The maximum Gasteiger partial charge on any atom is 0.306 e. The number of hydrogen-bond acceptors (Lipinski definition) is 5. The molecule has 0 N–H and O–H groups in total. The monoisotopic (exact) mass is 220 g/mol. The van der Waals surface area contributed by atoms with Crippen molar-refractivity contribution >= 4 is 24.6 Å². The van der Waals surface area contributed by atoms with Crippen molar-refractivity contribution in [2.75, 3.05) is 13.2 Å². The smallest absolute Gasteiger partial charge is 0.306 e. The van der Waals surface area contributed by atoms with Gasteiger partial charge in [0, 0.05) is 5.25 Å². The second-order valence-corrected chi connectivity index (χ2v) is 3.40. The number of rotatable bonds is 6. The Morgan fingerprint density at radius 1 is 1.07 bits per heavy atom. The molecule has 5 heteroatoms. The Bertz CT molecular complexity index is 173. The van der Waals surface area contributed by atoms with E-state index in [1.54, 1.807) is 13.8 Å². The van der Waals surface area contributed by atoms with E-state index < -0.39 is 0 Å². The molecule has 0 saturated carbocycles. The predicted octanol–water partition coefficient (Wildman–Crippen LogP) is 1.19. The van der Waals surface area contributed by atoms with Gasteiger partial charge < -0.3 is 9.47 Å². The number of esters is 2. The Hall–Kier alpha value is -0.710. The molecule has 0 aliphatic carbocycles. The third kappa shape index (κ3) is 6.77. The molecule has 0 aromatic carbocycles. The Morgan fingerprint density at radius 3 is 1.71 bits per heavy atom. The van der Waals surface area contributed by atoms with Crippen molar-refractivity contribution in [3.63, 3.8) is 0 Å². The van der Waals surface area contributed by atoms with Gasteiger partial charge in [0.1, 0.15) is 0 Å². The van der Waals surface area contributed by atoms with Crippen LogP contribution in [0.4, 0.5) is 0 Å². The van der Waals surface area contributed by atoms with Gasteiger partial charge in [0.25, 0.3) is 0 Å². The minimum absolute atomic E-state index is 0.135. The Balaban J connectivity index is 3.68. The summed E-state index contributed by atoms with van der Waals surface area (Å²) in [6.45, 7) is 4.16. The second kappa shape index (κ2) is 7.67. The molecule has 0 spiro atoms. The van der Waals surface area contributed by atoms with E-state index >= 15 is 0 Å². The highest BCUT2D eigenvalue weighted by Crippen LogP contribution is 2.08. The molecule has 0 aromatic heterocycles. The van der Waals surface area contributed by atoms with Gasteiger partial charge in [-0.05, 0) is 13.8 Å². The van der Waals surface area contributed by atoms with E-state index in [9.17, 15) is 9.59 Å². The van der Waals surface area contributed by atoms with Crippen LogP contribution in [0.5, 0.6) is 0 Å². The van der Waals surface area contributed by atoms with Crippen LogP contribution >= 0.6 is 12.6 Å². The lowest BCUT2D eigenvalue weighted by Gasteiger charge is -2.08. The summed E-state index contributed by atoms with van der Waals surface area (Å²) in [6.07, 6.45) is 0.269. The average Bonchev–Trinajstić information content (AvgIpc) is 2.03. The van der Waals surface area contributed by atoms with Crippen LogP contribution in [-0.2, 0) is 19.1 Å². The van der Waals surface area contributed by atoms with Gasteiger partial charge in [-0.1, -0.05) is 0 Å². The number of hydrogen-bond donors (Lipinski definition) is 1. The van der Waals surface area contributed by atoms with Crippen molar-refractivity contribution < 1.29 is 19.1 Å². The minimum atomic E-state index is -0.336. The summed E-state index contributed by atoms with van der Waals surface area (Å²) in [5.41, 5.74) is 0. The second-order valence-electron chi connectivity index (χ2n) is 2.67. The molecular formula is C9H16O4S. The van der Waals surface area contributed by atoms with Crippen molar-refractivity contribution in [3.05, 3.63) is 0 Å². The number of carbonyl (C=O) groups excluding carboxylic acids is 2. The fourth-order valence-corrected chi connectivity index (χ4v) is 1.19. The van der Waals surface area contributed by atoms with Crippen LogP contribution in [0.2, 0.25) is 0 Å². The quantitative estimate of drug-likeness (QED) is 0.539. The number of ether oxygens (including phenoxy) is 2. The van der Waals surface area contributed by atoms with Crippen molar-refractivity contribution in [2.24, 2.45) is 0 Å². The molecule has 0 unspecified atom stereocenters. The molecule has 0 atom stereocenters. The van der Waals surface area contributed by atoms with E-state index in [0.717, 1.165) is 0 Å². The summed E-state index contributed by atoms with van der Waals surface area (Å²) in [4.78, 5) is 21.9. The first-order valence-electron chi connectivity index (χ1n) is 4.59. The standard InChI is InChI=1S/C9H16O4S/c1-3-12-8(10)5-7(14)6-9(11)13-4-2/h7,14H,3-6H2,1-2H3. The third-order valence-corrected chi connectivity index (χ3v) is 1.78. The van der Waals surface area contributed by atoms with E-state index in [4.69, 9.17) is 9.47 Å². The highest BCUT2D eigenvalue weighted by atomic mass is 32.1. The molecular weight excluding hydrogens is 204 g/mol. The lowest BCUT2D eigenvalue weighted by Crippen LogP contribution is -2.16. The van der Waals surface area contributed by atoms with Crippen LogP contribution in [-0.4, -0.2) is 30.4 Å². The maximum atomic E-state index is 11.0. The van der Waals surface area contributed by atoms with Crippen LogP contribution in [0, 0.1) is 0 Å². The summed E-state index contributed by atoms with van der Waals surface area (Å²) in [5.74, 6) is -0.673. The Kier molecular flexibility index (Phi) is 7.28. The maximum absolute atomic E-state index is 11.0. The molecule has 14 heavy (non-hydrogen) atoms. The molecule has 0 heterocycles. The van der Waals surface area contributed by atoms with Crippen LogP contribution in [0.1, 0.15) is 26.7 Å². The molecule has 0 rings (SSSR count). The summed E-state index contributed by atoms with van der Waals surface area (Å²) in [7, 11) is 0. The third-order valence-electron chi connectivity index (χ3n) is 1.42. The molecule has 0 saturated heterocycles. The van der Waals surface area contributed by atoms with Gasteiger partial charge in [-0.25, -0.2) is 0 Å². The van der Waals surface area contributed by atoms with Gasteiger partial charge in [0.15, 0.2) is 0 Å². The SMILES string of the molecule is CCOC(=O)CC(S)CC(=O)OCC. The van der Waals surface area contributed by atoms with Gasteiger partial charge in [0.05, 0.1) is 26.1 Å². The first-order chi connectivity index (χ1) is 6.60. The normalized spacial score (nSPS) is 10.0. The Labute approximate surface area is 89.4 Å². The molecule has 0 bridgehead atoms. The molecule has 0 fully saturated rings. The molecule has 0 aliphatic heterocycles. The van der Waals surface area contributed by atoms with Crippen molar-refractivity contribution in [1.82, 2.24) is 0 Å². The summed E-state index contributed by atoms with van der Waals surface area (Å²) >= 11 is 4.09. The zero-order valence-corrected chi connectivity index (χ0v) is 9.38. The molecule has 0 aliphatic rings. The lowest BCUT2D eigenvalue weighted by molar-refractivity contribution is -0.144. The Morgan fingerprint density at radius 2 is 1.43 bits per heavy atom. The van der Waals surface area contributed by atoms with Gasteiger partial charge in [-0.3, -0.25) is 9.59 Å². The molecule has 0 amide bonds. The van der Waals surface area contributed by atoms with E-state index in [2.05, 4.69) is 12.6 Å². The van der Waals surface area contributed by atoms with E-state index in [1.807, 2.05) is 0 Å². The van der Waals surface area contributed by atoms with E-state index in [-0.39, 0.29) is 30.0 Å². The van der Waals surface area contributed by atoms with Gasteiger partial charge in [-0.15, -0.1) is 0 Å². The number of thiol groups is 1. The molecule has 0 radical (unpaired) electrons. The summed E-state index contributed by atoms with van der Waals surface area (Å²) in [5, 5.41) is -0.326. The fourth-order valence-electron chi connectivity index (χ4n) is 0.897. The highest BCUT2D eigenvalue weighted by molar-refractivity contribution is 7.81. The zero-order chi connectivity index (χ0) is 11.0. The van der Waals surface area contributed by atoms with Gasteiger partial charge >= 0.3 is 11.9 Å². The zero-order valence-electron chi connectivity index (χ0n) is 8.49. The number of carbonyl (C=O) groups is 2. The summed E-state index contributed by atoms with van der Waals surface area (Å²) in [6, 6.07) is 0. The molecule has 4 nitrogen and oxygen atoms in total. The molecule has 0 aromatic rings. The lowest BCUT2D eigenvalue weighted by atomic mass is 10.2. The van der Waals surface area contributed by atoms with E-state index in [1.165, 1.54) is 0 Å². The average molecular weight is 220 g/mol. The largest absolute Gasteiger partial charge is 0.466 e. The van der Waals surface area contributed by atoms with Gasteiger partial charge in [0.2, 0.25) is 0 Å². The van der Waals surface area contributed by atoms with Crippen LogP contribution in [0.25, 0.3) is 0 Å². The van der Waals surface area contributed by atoms with Crippen LogP contribution < -0.4 is 0 Å². The van der Waals surface area contributed by atoms with Crippen molar-refractivity contribution in [3.8, 4) is 0 Å². The predicted molar refractivity (Wildman–Crippen MR) is 55.3 cm³/mol. The van der Waals surface area contributed by atoms with Gasteiger partial charge in [-0.2, -0.15) is 12.6 Å². The molecule has 82 valence electrons. The topological polar surface area (TPSA) is 52.6 Å². The highest BCUT2D eigenvalue weighted by Gasteiger charge is 2.15. The first kappa shape index (κ1) is 13.3. The first-order valence-corrected chi connectivity index (χ1v) is 5.11. The fraction of sp³-hybridized carbons (Fsp3) is 0.778. The van der Waals surface area contributed by atoms with Crippen LogP contribution in [0.15, 0.2) is 0 Å². The van der Waals surface area contributed by atoms with E-state index in [0.29, 0.717) is 13.2 Å². The minimum Gasteiger partial charge on any atom is -0.466 e. The van der Waals surface area contributed by atoms with Crippen molar-refractivity contribution in [1.29, 1.82) is 0 Å². The van der Waals surface area contributed by atoms with Crippen molar-refractivity contribution in [2.45, 2.75) is 31.9 Å².